The molecule has 4 nitrogen and oxygen atoms in total. The van der Waals surface area contributed by atoms with Crippen LogP contribution in [0, 0.1) is 11.8 Å². The number of allylic oxidation sites excluding steroid dienone is 4. The van der Waals surface area contributed by atoms with Crippen molar-refractivity contribution in [2.75, 3.05) is 0 Å². The van der Waals surface area contributed by atoms with Gasteiger partial charge in [0.15, 0.2) is 0 Å². The highest BCUT2D eigenvalue weighted by atomic mass is 16.5. The third kappa shape index (κ3) is 7.86. The zero-order chi connectivity index (χ0) is 34.5. The summed E-state index contributed by atoms with van der Waals surface area (Å²) in [5.41, 5.74) is 10.3. The summed E-state index contributed by atoms with van der Waals surface area (Å²) < 4.78 is 11.7. The van der Waals surface area contributed by atoms with Crippen molar-refractivity contribution in [3.8, 4) is 22.3 Å². The van der Waals surface area contributed by atoms with Crippen molar-refractivity contribution >= 4 is 28.8 Å². The van der Waals surface area contributed by atoms with E-state index in [1.54, 1.807) is 0 Å². The predicted octanol–water partition coefficient (Wildman–Crippen LogP) is 11.2. The van der Waals surface area contributed by atoms with Gasteiger partial charge in [0.2, 0.25) is 0 Å². The summed E-state index contributed by atoms with van der Waals surface area (Å²) in [6.07, 6.45) is 15.5. The van der Waals surface area contributed by atoms with Gasteiger partial charge in [0, 0.05) is 18.4 Å². The standard InChI is InChI=1S/C45H46O4/c1-6-40-34(12-8-14-42(40)48-44(46)29(2)3)11-7-10-31-16-17-38-27-37(25-24-36(38)26-31)32-18-20-33(21-19-32)39-23-22-35-13-9-15-43(41(35)28-39)49-45(47)30(4)5/h7-9,11-13,16-30,42-43H,6,10,14-15H2,1-5H3/b11-7-. The fourth-order valence-electron chi connectivity index (χ4n) is 6.54. The minimum atomic E-state index is -0.251. The Kier molecular flexibility index (Phi) is 10.4. The van der Waals surface area contributed by atoms with Crippen molar-refractivity contribution in [2.24, 2.45) is 11.8 Å². The maximum atomic E-state index is 12.3. The summed E-state index contributed by atoms with van der Waals surface area (Å²) in [6, 6.07) is 28.5. The van der Waals surface area contributed by atoms with Gasteiger partial charge in [0.1, 0.15) is 12.2 Å². The topological polar surface area (TPSA) is 52.6 Å². The Morgan fingerprint density at radius 3 is 1.96 bits per heavy atom. The lowest BCUT2D eigenvalue weighted by Gasteiger charge is -2.24. The molecule has 4 aromatic carbocycles. The predicted molar refractivity (Wildman–Crippen MR) is 201 cm³/mol. The van der Waals surface area contributed by atoms with Crippen molar-refractivity contribution in [3.63, 3.8) is 0 Å². The van der Waals surface area contributed by atoms with E-state index in [-0.39, 0.29) is 36.0 Å². The molecule has 0 saturated carbocycles. The monoisotopic (exact) mass is 650 g/mol. The van der Waals surface area contributed by atoms with Crippen molar-refractivity contribution in [1.82, 2.24) is 0 Å². The van der Waals surface area contributed by atoms with Crippen LogP contribution in [0.2, 0.25) is 0 Å². The molecule has 0 radical (unpaired) electrons. The van der Waals surface area contributed by atoms with E-state index in [9.17, 15) is 9.59 Å². The number of rotatable bonds is 10. The van der Waals surface area contributed by atoms with Crippen molar-refractivity contribution in [1.29, 1.82) is 0 Å². The van der Waals surface area contributed by atoms with E-state index in [1.807, 2.05) is 27.7 Å². The van der Waals surface area contributed by atoms with E-state index in [0.29, 0.717) is 6.42 Å². The smallest absolute Gasteiger partial charge is 0.308 e. The quantitative estimate of drug-likeness (QED) is 0.160. The maximum absolute atomic E-state index is 12.3. The molecule has 0 spiro atoms. The molecule has 4 aromatic rings. The molecule has 0 saturated heterocycles. The first kappa shape index (κ1) is 33.9. The van der Waals surface area contributed by atoms with E-state index in [0.717, 1.165) is 47.1 Å². The molecule has 2 atom stereocenters. The Labute approximate surface area is 290 Å². The summed E-state index contributed by atoms with van der Waals surface area (Å²) in [6.45, 7) is 9.62. The minimum Gasteiger partial charge on any atom is -0.457 e. The third-order valence-electron chi connectivity index (χ3n) is 9.44. The lowest BCUT2D eigenvalue weighted by atomic mass is 9.90. The summed E-state index contributed by atoms with van der Waals surface area (Å²) in [4.78, 5) is 24.6. The van der Waals surface area contributed by atoms with E-state index >= 15 is 0 Å². The molecule has 6 rings (SSSR count). The van der Waals surface area contributed by atoms with Gasteiger partial charge in [0.05, 0.1) is 11.8 Å². The van der Waals surface area contributed by atoms with Gasteiger partial charge in [-0.15, -0.1) is 0 Å². The molecule has 250 valence electrons. The number of ether oxygens (including phenoxy) is 2. The highest BCUT2D eigenvalue weighted by Crippen LogP contribution is 2.36. The number of esters is 2. The normalized spacial score (nSPS) is 17.3. The van der Waals surface area contributed by atoms with Gasteiger partial charge >= 0.3 is 11.9 Å². The molecule has 0 N–H and O–H groups in total. The number of carbonyl (C=O) groups is 2. The van der Waals surface area contributed by atoms with E-state index < -0.39 is 0 Å². The summed E-state index contributed by atoms with van der Waals surface area (Å²) in [7, 11) is 0. The molecule has 0 aromatic heterocycles. The van der Waals surface area contributed by atoms with Gasteiger partial charge in [-0.3, -0.25) is 9.59 Å². The Morgan fingerprint density at radius 1 is 0.694 bits per heavy atom. The van der Waals surface area contributed by atoms with Gasteiger partial charge in [-0.05, 0) is 80.3 Å². The second kappa shape index (κ2) is 15.1. The minimum absolute atomic E-state index is 0.129. The Balaban J connectivity index is 1.14. The van der Waals surface area contributed by atoms with Crippen LogP contribution in [0.3, 0.4) is 0 Å². The highest BCUT2D eigenvalue weighted by Gasteiger charge is 2.24. The Morgan fingerprint density at radius 2 is 1.27 bits per heavy atom. The average Bonchev–Trinajstić information content (AvgIpc) is 3.11. The average molecular weight is 651 g/mol. The van der Waals surface area contributed by atoms with Crippen LogP contribution in [-0.4, -0.2) is 18.0 Å². The zero-order valence-corrected chi connectivity index (χ0v) is 29.2. The van der Waals surface area contributed by atoms with Crippen LogP contribution in [0.15, 0.2) is 120 Å². The van der Waals surface area contributed by atoms with Crippen LogP contribution < -0.4 is 0 Å². The summed E-state index contributed by atoms with van der Waals surface area (Å²) >= 11 is 0. The number of hydrogen-bond acceptors (Lipinski definition) is 4. The zero-order valence-electron chi connectivity index (χ0n) is 29.2. The molecule has 0 heterocycles. The van der Waals surface area contributed by atoms with Crippen LogP contribution in [-0.2, 0) is 25.5 Å². The molecule has 49 heavy (non-hydrogen) atoms. The largest absolute Gasteiger partial charge is 0.457 e. The fourth-order valence-corrected chi connectivity index (χ4v) is 6.54. The van der Waals surface area contributed by atoms with Crippen LogP contribution in [0.5, 0.6) is 0 Å². The first-order valence-corrected chi connectivity index (χ1v) is 17.6. The second-order valence-corrected chi connectivity index (χ2v) is 13.7. The van der Waals surface area contributed by atoms with Gasteiger partial charge in [-0.1, -0.05) is 138 Å². The number of fused-ring (bicyclic) bond motifs is 2. The van der Waals surface area contributed by atoms with Crippen LogP contribution >= 0.6 is 0 Å². The van der Waals surface area contributed by atoms with Crippen LogP contribution in [0.4, 0.5) is 0 Å². The molecule has 2 aliphatic carbocycles. The molecule has 2 unspecified atom stereocenters. The summed E-state index contributed by atoms with van der Waals surface area (Å²) in [5, 5.41) is 2.42. The SMILES string of the molecule is CCC1=C(/C=C\Cc2ccc3cc(-c4ccc(-c5ccc6c(c5)C(OC(=O)C(C)C)CC=C6)cc4)ccc3c2)C=CCC1OC(=O)C(C)C. The molecule has 0 amide bonds. The Hall–Kier alpha value is -4.96. The lowest BCUT2D eigenvalue weighted by molar-refractivity contribution is -0.153. The fraction of sp³-hybridized carbons (Fsp3) is 0.289. The Bertz CT molecular complexity index is 1970. The van der Waals surface area contributed by atoms with E-state index in [1.165, 1.54) is 33.0 Å². The molecule has 0 fully saturated rings. The molecule has 2 aliphatic rings. The van der Waals surface area contributed by atoms with Gasteiger partial charge in [-0.2, -0.15) is 0 Å². The van der Waals surface area contributed by atoms with E-state index in [4.69, 9.17) is 9.47 Å². The van der Waals surface area contributed by atoms with Crippen LogP contribution in [0.1, 0.15) is 76.7 Å². The van der Waals surface area contributed by atoms with E-state index in [2.05, 4.69) is 122 Å². The maximum Gasteiger partial charge on any atom is 0.308 e. The van der Waals surface area contributed by atoms with Crippen molar-refractivity contribution < 1.29 is 19.1 Å². The lowest BCUT2D eigenvalue weighted by Crippen LogP contribution is -2.25. The third-order valence-corrected chi connectivity index (χ3v) is 9.44. The first-order valence-electron chi connectivity index (χ1n) is 17.6. The number of carbonyl (C=O) groups excluding carboxylic acids is 2. The molecule has 4 heteroatoms. The molecule has 0 aliphatic heterocycles. The van der Waals surface area contributed by atoms with Crippen LogP contribution in [0.25, 0.3) is 39.1 Å². The van der Waals surface area contributed by atoms with Crippen molar-refractivity contribution in [2.45, 2.75) is 72.5 Å². The summed E-state index contributed by atoms with van der Waals surface area (Å²) in [5.74, 6) is -0.589. The van der Waals surface area contributed by atoms with Gasteiger partial charge < -0.3 is 9.47 Å². The van der Waals surface area contributed by atoms with Crippen molar-refractivity contribution in [3.05, 3.63) is 137 Å². The van der Waals surface area contributed by atoms with Gasteiger partial charge in [-0.25, -0.2) is 0 Å². The molecular weight excluding hydrogens is 604 g/mol. The molecule has 0 bridgehead atoms. The van der Waals surface area contributed by atoms with Gasteiger partial charge in [0.25, 0.3) is 0 Å². The second-order valence-electron chi connectivity index (χ2n) is 13.7. The number of benzene rings is 4. The molecular formula is C45H46O4. The number of hydrogen-bond donors (Lipinski definition) is 0. The first-order chi connectivity index (χ1) is 23.7. The highest BCUT2D eigenvalue weighted by molar-refractivity contribution is 5.88.